The van der Waals surface area contributed by atoms with Crippen LogP contribution >= 0.6 is 0 Å². The van der Waals surface area contributed by atoms with Gasteiger partial charge in [-0.2, -0.15) is 5.10 Å². The second kappa shape index (κ2) is 4.51. The van der Waals surface area contributed by atoms with E-state index < -0.39 is 4.92 Å². The second-order valence-corrected chi connectivity index (χ2v) is 6.13. The van der Waals surface area contributed by atoms with Crippen molar-refractivity contribution in [2.24, 2.45) is 5.41 Å². The number of carbonyl (C=O) groups is 1. The lowest BCUT2D eigenvalue weighted by atomic mass is 9.76. The average molecular weight is 285 g/mol. The van der Waals surface area contributed by atoms with Gasteiger partial charge in [-0.05, 0) is 17.9 Å². The first-order chi connectivity index (χ1) is 9.87. The number of nitro groups is 1. The van der Waals surface area contributed by atoms with Gasteiger partial charge in [0, 0.05) is 18.6 Å². The number of benzene rings is 1. The number of aromatic nitrogens is 2. The molecule has 1 aliphatic carbocycles. The minimum absolute atomic E-state index is 0.0122. The van der Waals surface area contributed by atoms with Crippen LogP contribution in [0.3, 0.4) is 0 Å². The number of carbonyl (C=O) groups excluding carboxylic acids is 1. The molecule has 0 atom stereocenters. The van der Waals surface area contributed by atoms with Gasteiger partial charge >= 0.3 is 0 Å². The molecule has 3 rings (SSSR count). The number of hydrogen-bond donors (Lipinski definition) is 0. The molecule has 6 heteroatoms. The lowest BCUT2D eigenvalue weighted by molar-refractivity contribution is -0.384. The van der Waals surface area contributed by atoms with Gasteiger partial charge < -0.3 is 0 Å². The van der Waals surface area contributed by atoms with Crippen molar-refractivity contribution in [2.45, 2.75) is 26.7 Å². The smallest absolute Gasteiger partial charge is 0.271 e. The van der Waals surface area contributed by atoms with Crippen molar-refractivity contribution in [1.82, 2.24) is 9.78 Å². The summed E-state index contributed by atoms with van der Waals surface area (Å²) in [6.07, 6.45) is 2.78. The fraction of sp³-hybridized carbons (Fsp3) is 0.333. The minimum atomic E-state index is -0.436. The van der Waals surface area contributed by atoms with Gasteiger partial charge in [0.2, 0.25) is 0 Å². The number of ketones is 1. The molecule has 0 amide bonds. The molecule has 108 valence electrons. The van der Waals surface area contributed by atoms with Crippen LogP contribution in [-0.2, 0) is 6.42 Å². The van der Waals surface area contributed by atoms with Crippen molar-refractivity contribution in [1.29, 1.82) is 0 Å². The Kier molecular flexibility index (Phi) is 2.90. The first-order valence-corrected chi connectivity index (χ1v) is 6.72. The summed E-state index contributed by atoms with van der Waals surface area (Å²) in [5.41, 5.74) is 1.95. The standard InChI is InChI=1S/C15H15N3O3/c1-15(2)7-13-12(14(19)8-15)9-16-17(13)10-4-3-5-11(6-10)18(20)21/h3-6,9H,7-8H2,1-2H3. The molecule has 0 spiro atoms. The van der Waals surface area contributed by atoms with E-state index in [0.717, 1.165) is 12.1 Å². The maximum absolute atomic E-state index is 12.2. The largest absolute Gasteiger partial charge is 0.294 e. The Morgan fingerprint density at radius 1 is 1.33 bits per heavy atom. The molecule has 0 aliphatic heterocycles. The van der Waals surface area contributed by atoms with Gasteiger partial charge in [0.05, 0.1) is 28.1 Å². The highest BCUT2D eigenvalue weighted by molar-refractivity contribution is 5.98. The molecule has 0 bridgehead atoms. The zero-order chi connectivity index (χ0) is 15.2. The van der Waals surface area contributed by atoms with Crippen molar-refractivity contribution in [3.05, 3.63) is 51.8 Å². The highest BCUT2D eigenvalue weighted by Gasteiger charge is 2.34. The zero-order valence-corrected chi connectivity index (χ0v) is 11.9. The Labute approximate surface area is 121 Å². The van der Waals surface area contributed by atoms with E-state index in [2.05, 4.69) is 5.10 Å². The molecule has 0 fully saturated rings. The zero-order valence-electron chi connectivity index (χ0n) is 11.9. The van der Waals surface area contributed by atoms with Gasteiger partial charge in [-0.25, -0.2) is 4.68 Å². The highest BCUT2D eigenvalue weighted by Crippen LogP contribution is 2.35. The van der Waals surface area contributed by atoms with Crippen LogP contribution < -0.4 is 0 Å². The van der Waals surface area contributed by atoms with Crippen LogP contribution in [0, 0.1) is 15.5 Å². The first-order valence-electron chi connectivity index (χ1n) is 6.72. The molecule has 2 aromatic rings. The number of nitro benzene ring substituents is 1. The van der Waals surface area contributed by atoms with E-state index in [0.29, 0.717) is 17.7 Å². The van der Waals surface area contributed by atoms with Crippen LogP contribution in [0.4, 0.5) is 5.69 Å². The molecule has 0 saturated carbocycles. The Morgan fingerprint density at radius 2 is 2.10 bits per heavy atom. The van der Waals surface area contributed by atoms with Gasteiger partial charge in [-0.3, -0.25) is 14.9 Å². The highest BCUT2D eigenvalue weighted by atomic mass is 16.6. The molecule has 1 aromatic carbocycles. The number of rotatable bonds is 2. The third kappa shape index (κ3) is 2.33. The molecule has 0 radical (unpaired) electrons. The van der Waals surface area contributed by atoms with E-state index in [-0.39, 0.29) is 16.9 Å². The van der Waals surface area contributed by atoms with E-state index in [1.54, 1.807) is 23.0 Å². The molecule has 1 aliphatic rings. The van der Waals surface area contributed by atoms with Crippen molar-refractivity contribution in [2.75, 3.05) is 0 Å². The summed E-state index contributed by atoms with van der Waals surface area (Å²) in [5.74, 6) is 0.0814. The van der Waals surface area contributed by atoms with E-state index in [1.165, 1.54) is 12.1 Å². The Morgan fingerprint density at radius 3 is 2.81 bits per heavy atom. The van der Waals surface area contributed by atoms with Crippen molar-refractivity contribution >= 4 is 11.5 Å². The monoisotopic (exact) mass is 285 g/mol. The summed E-state index contributed by atoms with van der Waals surface area (Å²) in [7, 11) is 0. The summed E-state index contributed by atoms with van der Waals surface area (Å²) in [5, 5.41) is 15.1. The van der Waals surface area contributed by atoms with Crippen LogP contribution in [0.1, 0.15) is 36.3 Å². The summed E-state index contributed by atoms with van der Waals surface area (Å²) in [4.78, 5) is 22.6. The third-order valence-corrected chi connectivity index (χ3v) is 3.74. The molecule has 0 saturated heterocycles. The van der Waals surface area contributed by atoms with E-state index in [1.807, 2.05) is 13.8 Å². The quantitative estimate of drug-likeness (QED) is 0.627. The number of Topliss-reactive ketones (excluding diaryl/α,β-unsaturated/α-hetero) is 1. The maximum Gasteiger partial charge on any atom is 0.271 e. The third-order valence-electron chi connectivity index (χ3n) is 3.74. The second-order valence-electron chi connectivity index (χ2n) is 6.13. The number of hydrogen-bond acceptors (Lipinski definition) is 4. The summed E-state index contributed by atoms with van der Waals surface area (Å²) in [6, 6.07) is 6.29. The molecule has 0 N–H and O–H groups in total. The summed E-state index contributed by atoms with van der Waals surface area (Å²) < 4.78 is 1.64. The van der Waals surface area contributed by atoms with Gasteiger partial charge in [-0.15, -0.1) is 0 Å². The summed E-state index contributed by atoms with van der Waals surface area (Å²) >= 11 is 0. The molecular formula is C15H15N3O3. The molecule has 1 aromatic heterocycles. The van der Waals surface area contributed by atoms with E-state index in [9.17, 15) is 14.9 Å². The normalized spacial score (nSPS) is 16.6. The topological polar surface area (TPSA) is 78.0 Å². The fourth-order valence-electron chi connectivity index (χ4n) is 2.78. The van der Waals surface area contributed by atoms with Gasteiger partial charge in [0.1, 0.15) is 0 Å². The lowest BCUT2D eigenvalue weighted by Gasteiger charge is -2.28. The SMILES string of the molecule is CC1(C)CC(=O)c2cnn(-c3cccc([N+](=O)[O-])c3)c2C1. The Bertz CT molecular complexity index is 746. The minimum Gasteiger partial charge on any atom is -0.294 e. The Balaban J connectivity index is 2.12. The van der Waals surface area contributed by atoms with Gasteiger partial charge in [0.15, 0.2) is 5.78 Å². The van der Waals surface area contributed by atoms with Gasteiger partial charge in [-0.1, -0.05) is 19.9 Å². The Hall–Kier alpha value is -2.50. The number of non-ortho nitro benzene ring substituents is 1. The van der Waals surface area contributed by atoms with Crippen molar-refractivity contribution in [3.8, 4) is 5.69 Å². The summed E-state index contributed by atoms with van der Waals surface area (Å²) in [6.45, 7) is 4.08. The van der Waals surface area contributed by atoms with E-state index >= 15 is 0 Å². The predicted octanol–water partition coefficient (Wildman–Crippen LogP) is 2.94. The average Bonchev–Trinajstić information content (AvgIpc) is 2.81. The predicted molar refractivity (Wildman–Crippen MR) is 76.7 cm³/mol. The van der Waals surface area contributed by atoms with Crippen LogP contribution in [0.2, 0.25) is 0 Å². The van der Waals surface area contributed by atoms with Crippen LogP contribution in [0.5, 0.6) is 0 Å². The molecular weight excluding hydrogens is 270 g/mol. The fourth-order valence-corrected chi connectivity index (χ4v) is 2.78. The van der Waals surface area contributed by atoms with Crippen LogP contribution in [0.15, 0.2) is 30.5 Å². The van der Waals surface area contributed by atoms with Crippen LogP contribution in [-0.4, -0.2) is 20.5 Å². The molecule has 6 nitrogen and oxygen atoms in total. The molecule has 1 heterocycles. The van der Waals surface area contributed by atoms with E-state index in [4.69, 9.17) is 0 Å². The maximum atomic E-state index is 12.2. The number of fused-ring (bicyclic) bond motifs is 1. The number of nitrogens with zero attached hydrogens (tertiary/aromatic N) is 3. The van der Waals surface area contributed by atoms with Gasteiger partial charge in [0.25, 0.3) is 5.69 Å². The molecule has 0 unspecified atom stereocenters. The van der Waals surface area contributed by atoms with Crippen molar-refractivity contribution in [3.63, 3.8) is 0 Å². The molecule has 21 heavy (non-hydrogen) atoms. The van der Waals surface area contributed by atoms with Crippen LogP contribution in [0.25, 0.3) is 5.69 Å². The van der Waals surface area contributed by atoms with Crippen molar-refractivity contribution < 1.29 is 9.72 Å². The lowest BCUT2D eigenvalue weighted by Crippen LogP contribution is -2.27. The first kappa shape index (κ1) is 13.5.